The zero-order valence-corrected chi connectivity index (χ0v) is 12.3. The molecule has 0 radical (unpaired) electrons. The van der Waals surface area contributed by atoms with Gasteiger partial charge in [0.05, 0.1) is 6.20 Å². The van der Waals surface area contributed by atoms with Crippen molar-refractivity contribution < 1.29 is 0 Å². The summed E-state index contributed by atoms with van der Waals surface area (Å²) < 4.78 is 2.97. The summed E-state index contributed by atoms with van der Waals surface area (Å²) in [7, 11) is 1.95. The van der Waals surface area contributed by atoms with Gasteiger partial charge in [0, 0.05) is 23.8 Å². The second kappa shape index (κ2) is 6.16. The van der Waals surface area contributed by atoms with Gasteiger partial charge < -0.3 is 5.32 Å². The number of benzene rings is 1. The smallest absolute Gasteiger partial charge is 0.0522 e. The van der Waals surface area contributed by atoms with Gasteiger partial charge in [0.1, 0.15) is 0 Å². The third kappa shape index (κ3) is 3.68. The minimum absolute atomic E-state index is 0.360. The first-order chi connectivity index (χ1) is 8.65. The normalized spacial score (nSPS) is 12.6. The highest BCUT2D eigenvalue weighted by atomic mass is 79.9. The topological polar surface area (TPSA) is 29.9 Å². The molecule has 0 unspecified atom stereocenters. The SMILES string of the molecule is C[C@@H](NCCc1cnn(C)c1)c1cccc(Br)c1. The fraction of sp³-hybridized carbons (Fsp3) is 0.357. The first-order valence-corrected chi connectivity index (χ1v) is 6.91. The van der Waals surface area contributed by atoms with Crippen molar-refractivity contribution in [2.75, 3.05) is 6.54 Å². The highest BCUT2D eigenvalue weighted by Crippen LogP contribution is 2.17. The number of nitrogens with one attached hydrogen (secondary N) is 1. The average Bonchev–Trinajstić information content (AvgIpc) is 2.75. The molecule has 0 aliphatic carbocycles. The Morgan fingerprint density at radius 2 is 2.28 bits per heavy atom. The highest BCUT2D eigenvalue weighted by molar-refractivity contribution is 9.10. The molecule has 18 heavy (non-hydrogen) atoms. The van der Waals surface area contributed by atoms with Crippen molar-refractivity contribution >= 4 is 15.9 Å². The Morgan fingerprint density at radius 1 is 1.44 bits per heavy atom. The Bertz CT molecular complexity index is 507. The van der Waals surface area contributed by atoms with E-state index >= 15 is 0 Å². The summed E-state index contributed by atoms with van der Waals surface area (Å²) in [6, 6.07) is 8.78. The maximum atomic E-state index is 4.17. The third-order valence-corrected chi connectivity index (χ3v) is 3.46. The average molecular weight is 308 g/mol. The zero-order chi connectivity index (χ0) is 13.0. The molecule has 0 amide bonds. The van der Waals surface area contributed by atoms with Gasteiger partial charge in [-0.25, -0.2) is 0 Å². The lowest BCUT2D eigenvalue weighted by atomic mass is 10.1. The van der Waals surface area contributed by atoms with E-state index in [1.165, 1.54) is 11.1 Å². The second-order valence-electron chi connectivity index (χ2n) is 4.50. The predicted molar refractivity (Wildman–Crippen MR) is 77.5 cm³/mol. The van der Waals surface area contributed by atoms with Crippen LogP contribution < -0.4 is 5.32 Å². The van der Waals surface area contributed by atoms with E-state index in [4.69, 9.17) is 0 Å². The Kier molecular flexibility index (Phi) is 4.55. The monoisotopic (exact) mass is 307 g/mol. The molecule has 96 valence electrons. The molecule has 1 aromatic carbocycles. The maximum Gasteiger partial charge on any atom is 0.0522 e. The number of hydrogen-bond acceptors (Lipinski definition) is 2. The second-order valence-corrected chi connectivity index (χ2v) is 5.42. The van der Waals surface area contributed by atoms with Crippen LogP contribution in [0.25, 0.3) is 0 Å². The van der Waals surface area contributed by atoms with Gasteiger partial charge in [0.15, 0.2) is 0 Å². The van der Waals surface area contributed by atoms with E-state index in [1.54, 1.807) is 0 Å². The molecule has 3 nitrogen and oxygen atoms in total. The van der Waals surface area contributed by atoms with Gasteiger partial charge in [-0.05, 0) is 43.1 Å². The van der Waals surface area contributed by atoms with Gasteiger partial charge in [0.25, 0.3) is 0 Å². The number of rotatable bonds is 5. The maximum absolute atomic E-state index is 4.17. The van der Waals surface area contributed by atoms with Crippen molar-refractivity contribution in [1.29, 1.82) is 0 Å². The molecule has 2 aromatic rings. The van der Waals surface area contributed by atoms with E-state index in [2.05, 4.69) is 57.7 Å². The fourth-order valence-corrected chi connectivity index (χ4v) is 2.34. The van der Waals surface area contributed by atoms with E-state index < -0.39 is 0 Å². The number of nitrogens with zero attached hydrogens (tertiary/aromatic N) is 2. The van der Waals surface area contributed by atoms with Gasteiger partial charge in [-0.15, -0.1) is 0 Å². The van der Waals surface area contributed by atoms with E-state index in [9.17, 15) is 0 Å². The molecule has 0 spiro atoms. The molecular formula is C14H18BrN3. The summed E-state index contributed by atoms with van der Waals surface area (Å²) in [5.74, 6) is 0. The van der Waals surface area contributed by atoms with Crippen LogP contribution in [-0.2, 0) is 13.5 Å². The standard InChI is InChI=1S/C14H18BrN3/c1-11(13-4-3-5-14(15)8-13)16-7-6-12-9-17-18(2)10-12/h3-5,8-11,16H,6-7H2,1-2H3/t11-/m1/s1. The first-order valence-electron chi connectivity index (χ1n) is 6.11. The molecule has 2 rings (SSSR count). The number of hydrogen-bond donors (Lipinski definition) is 1. The summed E-state index contributed by atoms with van der Waals surface area (Å²) in [5.41, 5.74) is 2.57. The van der Waals surface area contributed by atoms with Crippen LogP contribution >= 0.6 is 15.9 Å². The van der Waals surface area contributed by atoms with Gasteiger partial charge in [-0.3, -0.25) is 4.68 Å². The summed E-state index contributed by atoms with van der Waals surface area (Å²) in [6.45, 7) is 3.14. The molecule has 0 saturated carbocycles. The number of aryl methyl sites for hydroxylation is 1. The molecule has 0 saturated heterocycles. The predicted octanol–water partition coefficient (Wildman–Crippen LogP) is 3.08. The molecular weight excluding hydrogens is 290 g/mol. The van der Waals surface area contributed by atoms with Crippen LogP contribution in [0.15, 0.2) is 41.1 Å². The van der Waals surface area contributed by atoms with Crippen LogP contribution in [0.5, 0.6) is 0 Å². The molecule has 1 aromatic heterocycles. The summed E-state index contributed by atoms with van der Waals surface area (Å²) in [6.07, 6.45) is 4.99. The molecule has 1 atom stereocenters. The van der Waals surface area contributed by atoms with E-state index in [-0.39, 0.29) is 0 Å². The van der Waals surface area contributed by atoms with E-state index in [0.717, 1.165) is 17.4 Å². The lowest BCUT2D eigenvalue weighted by molar-refractivity contribution is 0.576. The first kappa shape index (κ1) is 13.3. The third-order valence-electron chi connectivity index (χ3n) is 2.97. The van der Waals surface area contributed by atoms with Crippen molar-refractivity contribution in [3.8, 4) is 0 Å². The van der Waals surface area contributed by atoms with Crippen LogP contribution in [0.1, 0.15) is 24.1 Å². The Labute approximate surface area is 116 Å². The minimum atomic E-state index is 0.360. The van der Waals surface area contributed by atoms with Crippen LogP contribution in [0.4, 0.5) is 0 Å². The van der Waals surface area contributed by atoms with Crippen molar-refractivity contribution in [2.24, 2.45) is 7.05 Å². The lowest BCUT2D eigenvalue weighted by Gasteiger charge is -2.14. The van der Waals surface area contributed by atoms with Crippen molar-refractivity contribution in [3.05, 3.63) is 52.3 Å². The van der Waals surface area contributed by atoms with Crippen molar-refractivity contribution in [3.63, 3.8) is 0 Å². The fourth-order valence-electron chi connectivity index (χ4n) is 1.93. The molecule has 4 heteroatoms. The zero-order valence-electron chi connectivity index (χ0n) is 10.7. The van der Waals surface area contributed by atoms with Crippen molar-refractivity contribution in [1.82, 2.24) is 15.1 Å². The van der Waals surface area contributed by atoms with E-state index in [1.807, 2.05) is 24.0 Å². The highest BCUT2D eigenvalue weighted by Gasteiger charge is 2.05. The molecule has 0 aliphatic rings. The summed E-state index contributed by atoms with van der Waals surface area (Å²) in [4.78, 5) is 0. The van der Waals surface area contributed by atoms with Gasteiger partial charge in [-0.1, -0.05) is 28.1 Å². The van der Waals surface area contributed by atoms with Crippen molar-refractivity contribution in [2.45, 2.75) is 19.4 Å². The number of halogens is 1. The van der Waals surface area contributed by atoms with Crippen LogP contribution in [0.2, 0.25) is 0 Å². The van der Waals surface area contributed by atoms with Gasteiger partial charge in [-0.2, -0.15) is 5.10 Å². The lowest BCUT2D eigenvalue weighted by Crippen LogP contribution is -2.21. The minimum Gasteiger partial charge on any atom is -0.310 e. The largest absolute Gasteiger partial charge is 0.310 e. The molecule has 1 N–H and O–H groups in total. The molecule has 0 bridgehead atoms. The Morgan fingerprint density at radius 3 is 2.94 bits per heavy atom. The van der Waals surface area contributed by atoms with Crippen LogP contribution in [-0.4, -0.2) is 16.3 Å². The molecule has 0 aliphatic heterocycles. The van der Waals surface area contributed by atoms with Crippen LogP contribution in [0, 0.1) is 0 Å². The van der Waals surface area contributed by atoms with Crippen LogP contribution in [0.3, 0.4) is 0 Å². The molecule has 1 heterocycles. The van der Waals surface area contributed by atoms with Gasteiger partial charge in [0.2, 0.25) is 0 Å². The number of aromatic nitrogens is 2. The Balaban J connectivity index is 1.83. The summed E-state index contributed by atoms with van der Waals surface area (Å²) in [5, 5.41) is 7.69. The molecule has 0 fully saturated rings. The van der Waals surface area contributed by atoms with E-state index in [0.29, 0.717) is 6.04 Å². The Hall–Kier alpha value is -1.13. The summed E-state index contributed by atoms with van der Waals surface area (Å²) >= 11 is 3.50. The quantitative estimate of drug-likeness (QED) is 0.920. The van der Waals surface area contributed by atoms with Gasteiger partial charge >= 0.3 is 0 Å².